The molecule has 7 heteroatoms. The van der Waals surface area contributed by atoms with Crippen molar-refractivity contribution in [3.05, 3.63) is 88.9 Å². The van der Waals surface area contributed by atoms with Crippen LogP contribution in [0, 0.1) is 0 Å². The second-order valence-corrected chi connectivity index (χ2v) is 9.08. The van der Waals surface area contributed by atoms with E-state index >= 15 is 0 Å². The lowest BCUT2D eigenvalue weighted by Gasteiger charge is -2.36. The van der Waals surface area contributed by atoms with Crippen LogP contribution >= 0.6 is 11.6 Å². The number of rotatable bonds is 7. The Labute approximate surface area is 211 Å². The number of piperazine rings is 1. The van der Waals surface area contributed by atoms with E-state index in [0.29, 0.717) is 29.2 Å². The highest BCUT2D eigenvalue weighted by Gasteiger charge is 2.22. The van der Waals surface area contributed by atoms with E-state index in [-0.39, 0.29) is 17.9 Å². The normalized spacial score (nSPS) is 14.4. The van der Waals surface area contributed by atoms with Crippen LogP contribution in [0.3, 0.4) is 0 Å². The molecule has 0 saturated carbocycles. The van der Waals surface area contributed by atoms with Crippen LogP contribution in [-0.4, -0.2) is 49.0 Å². The van der Waals surface area contributed by atoms with Gasteiger partial charge in [0.25, 0.3) is 11.8 Å². The molecule has 0 aliphatic carbocycles. The topological polar surface area (TPSA) is 61.9 Å². The first-order valence-electron chi connectivity index (χ1n) is 11.9. The van der Waals surface area contributed by atoms with E-state index in [1.807, 2.05) is 48.2 Å². The van der Waals surface area contributed by atoms with Crippen molar-refractivity contribution in [2.24, 2.45) is 0 Å². The summed E-state index contributed by atoms with van der Waals surface area (Å²) >= 11 is 5.92. The summed E-state index contributed by atoms with van der Waals surface area (Å²) in [5, 5.41) is 3.56. The van der Waals surface area contributed by atoms with Crippen LogP contribution < -0.4 is 15.0 Å². The van der Waals surface area contributed by atoms with E-state index in [2.05, 4.69) is 17.1 Å². The molecule has 2 amide bonds. The molecule has 1 N–H and O–H groups in total. The smallest absolute Gasteiger partial charge is 0.255 e. The lowest BCUT2D eigenvalue weighted by atomic mass is 10.1. The van der Waals surface area contributed by atoms with Gasteiger partial charge in [-0.1, -0.05) is 18.5 Å². The SMILES string of the molecule is CCC(C)Oc1ccc(C(=O)Nc2ccc(N3CCN(C(=O)c4ccc(Cl)cc4)CC3)cc2)cc1. The molecule has 1 heterocycles. The summed E-state index contributed by atoms with van der Waals surface area (Å²) in [6.07, 6.45) is 1.07. The fourth-order valence-electron chi connectivity index (χ4n) is 3.90. The molecule has 1 fully saturated rings. The van der Waals surface area contributed by atoms with Crippen molar-refractivity contribution < 1.29 is 14.3 Å². The number of halogens is 1. The highest BCUT2D eigenvalue weighted by molar-refractivity contribution is 6.30. The molecule has 0 bridgehead atoms. The number of hydrogen-bond donors (Lipinski definition) is 1. The van der Waals surface area contributed by atoms with E-state index < -0.39 is 0 Å². The van der Waals surface area contributed by atoms with Crippen molar-refractivity contribution in [1.29, 1.82) is 0 Å². The second kappa shape index (κ2) is 11.3. The molecule has 0 aromatic heterocycles. The molecule has 4 rings (SSSR count). The van der Waals surface area contributed by atoms with Crippen molar-refractivity contribution in [2.45, 2.75) is 26.4 Å². The van der Waals surface area contributed by atoms with Gasteiger partial charge in [0.1, 0.15) is 5.75 Å². The molecule has 1 aliphatic heterocycles. The Balaban J connectivity index is 1.29. The first-order valence-corrected chi connectivity index (χ1v) is 12.3. The lowest BCUT2D eigenvalue weighted by molar-refractivity contribution is 0.0746. The standard InChI is InChI=1S/C28H30ClN3O3/c1-3-20(2)35-26-14-6-21(7-15-26)27(33)30-24-10-12-25(13-11-24)31-16-18-32(19-17-31)28(34)22-4-8-23(29)9-5-22/h4-15,20H,3,16-19H2,1-2H3,(H,30,33). The monoisotopic (exact) mass is 491 g/mol. The second-order valence-electron chi connectivity index (χ2n) is 8.65. The molecule has 182 valence electrons. The minimum Gasteiger partial charge on any atom is -0.491 e. The third-order valence-electron chi connectivity index (χ3n) is 6.18. The van der Waals surface area contributed by atoms with Crippen LogP contribution in [0.1, 0.15) is 41.0 Å². The number of benzene rings is 3. The van der Waals surface area contributed by atoms with Gasteiger partial charge in [0.05, 0.1) is 6.10 Å². The van der Waals surface area contributed by atoms with E-state index in [1.54, 1.807) is 36.4 Å². The summed E-state index contributed by atoms with van der Waals surface area (Å²) in [6.45, 7) is 6.88. The maximum absolute atomic E-state index is 12.7. The van der Waals surface area contributed by atoms with Gasteiger partial charge in [-0.25, -0.2) is 0 Å². The number of hydrogen-bond acceptors (Lipinski definition) is 4. The van der Waals surface area contributed by atoms with Crippen molar-refractivity contribution in [3.8, 4) is 5.75 Å². The van der Waals surface area contributed by atoms with Crippen LogP contribution in [0.5, 0.6) is 5.75 Å². The maximum atomic E-state index is 12.7. The van der Waals surface area contributed by atoms with Gasteiger partial charge < -0.3 is 19.9 Å². The Morgan fingerprint density at radius 1 is 0.886 bits per heavy atom. The minimum absolute atomic E-state index is 0.0267. The number of nitrogens with zero attached hydrogens (tertiary/aromatic N) is 2. The average Bonchev–Trinajstić information content (AvgIpc) is 2.89. The molecule has 35 heavy (non-hydrogen) atoms. The van der Waals surface area contributed by atoms with Crippen LogP contribution in [0.25, 0.3) is 0 Å². The van der Waals surface area contributed by atoms with Crippen molar-refractivity contribution >= 4 is 34.8 Å². The number of anilines is 2. The summed E-state index contributed by atoms with van der Waals surface area (Å²) in [4.78, 5) is 29.4. The highest BCUT2D eigenvalue weighted by atomic mass is 35.5. The van der Waals surface area contributed by atoms with E-state index in [0.717, 1.165) is 36.6 Å². The Morgan fingerprint density at radius 2 is 1.49 bits per heavy atom. The molecule has 6 nitrogen and oxygen atoms in total. The Kier molecular flexibility index (Phi) is 7.93. The van der Waals surface area contributed by atoms with Gasteiger partial charge in [-0.2, -0.15) is 0 Å². The van der Waals surface area contributed by atoms with Crippen LogP contribution in [-0.2, 0) is 0 Å². The zero-order chi connectivity index (χ0) is 24.8. The molecular formula is C28H30ClN3O3. The Morgan fingerprint density at radius 3 is 2.09 bits per heavy atom. The number of carbonyl (C=O) groups excluding carboxylic acids is 2. The predicted molar refractivity (Wildman–Crippen MR) is 141 cm³/mol. The Bertz CT molecular complexity index is 1140. The molecule has 1 aliphatic rings. The van der Waals surface area contributed by atoms with Gasteiger partial charge >= 0.3 is 0 Å². The fourth-order valence-corrected chi connectivity index (χ4v) is 4.03. The quantitative estimate of drug-likeness (QED) is 0.458. The zero-order valence-electron chi connectivity index (χ0n) is 20.0. The summed E-state index contributed by atoms with van der Waals surface area (Å²) in [6, 6.07) is 22.0. The number of amides is 2. The lowest BCUT2D eigenvalue weighted by Crippen LogP contribution is -2.48. The maximum Gasteiger partial charge on any atom is 0.255 e. The van der Waals surface area contributed by atoms with Gasteiger partial charge in [-0.15, -0.1) is 0 Å². The molecule has 1 unspecified atom stereocenters. The van der Waals surface area contributed by atoms with Crippen LogP contribution in [0.2, 0.25) is 5.02 Å². The Hall–Kier alpha value is -3.51. The largest absolute Gasteiger partial charge is 0.491 e. The molecule has 3 aromatic rings. The first-order chi connectivity index (χ1) is 16.9. The first kappa shape index (κ1) is 24.6. The molecule has 0 radical (unpaired) electrons. The van der Waals surface area contributed by atoms with Crippen LogP contribution in [0.15, 0.2) is 72.8 Å². The summed E-state index contributed by atoms with van der Waals surface area (Å²) in [5.41, 5.74) is 3.02. The molecule has 1 saturated heterocycles. The average molecular weight is 492 g/mol. The summed E-state index contributed by atoms with van der Waals surface area (Å²) in [7, 11) is 0. The number of ether oxygens (including phenoxy) is 1. The van der Waals surface area contributed by atoms with Crippen molar-refractivity contribution in [1.82, 2.24) is 4.90 Å². The third kappa shape index (κ3) is 6.34. The van der Waals surface area contributed by atoms with E-state index in [9.17, 15) is 9.59 Å². The predicted octanol–water partition coefficient (Wildman–Crippen LogP) is 5.73. The minimum atomic E-state index is -0.165. The van der Waals surface area contributed by atoms with Gasteiger partial charge in [0.15, 0.2) is 0 Å². The highest BCUT2D eigenvalue weighted by Crippen LogP contribution is 2.22. The van der Waals surface area contributed by atoms with E-state index in [4.69, 9.17) is 16.3 Å². The molecular weight excluding hydrogens is 462 g/mol. The fraction of sp³-hybridized carbons (Fsp3) is 0.286. The molecule has 0 spiro atoms. The zero-order valence-corrected chi connectivity index (χ0v) is 20.8. The molecule has 3 aromatic carbocycles. The van der Waals surface area contributed by atoms with E-state index in [1.165, 1.54) is 0 Å². The summed E-state index contributed by atoms with van der Waals surface area (Å²) in [5.74, 6) is 0.622. The third-order valence-corrected chi connectivity index (χ3v) is 6.43. The van der Waals surface area contributed by atoms with Gasteiger partial charge in [-0.05, 0) is 86.1 Å². The molecule has 1 atom stereocenters. The van der Waals surface area contributed by atoms with Gasteiger partial charge in [0, 0.05) is 53.7 Å². The van der Waals surface area contributed by atoms with Gasteiger partial charge in [0.2, 0.25) is 0 Å². The van der Waals surface area contributed by atoms with Crippen molar-refractivity contribution in [2.75, 3.05) is 36.4 Å². The number of carbonyl (C=O) groups is 2. The number of nitrogens with one attached hydrogen (secondary N) is 1. The van der Waals surface area contributed by atoms with Crippen LogP contribution in [0.4, 0.5) is 11.4 Å². The van der Waals surface area contributed by atoms with Gasteiger partial charge in [-0.3, -0.25) is 9.59 Å². The van der Waals surface area contributed by atoms with Crippen molar-refractivity contribution in [3.63, 3.8) is 0 Å². The summed E-state index contributed by atoms with van der Waals surface area (Å²) < 4.78 is 5.77.